The maximum atomic E-state index is 12.0. The molecule has 0 bridgehead atoms. The number of hydrogen-bond donors (Lipinski definition) is 1. The third-order valence-corrected chi connectivity index (χ3v) is 3.37. The van der Waals surface area contributed by atoms with Crippen molar-refractivity contribution in [2.24, 2.45) is 0 Å². The van der Waals surface area contributed by atoms with Crippen molar-refractivity contribution in [3.63, 3.8) is 0 Å². The van der Waals surface area contributed by atoms with E-state index < -0.39 is 0 Å². The highest BCUT2D eigenvalue weighted by Crippen LogP contribution is 2.13. The van der Waals surface area contributed by atoms with Crippen molar-refractivity contribution < 1.29 is 19.1 Å². The van der Waals surface area contributed by atoms with Gasteiger partial charge in [-0.1, -0.05) is 19.1 Å². The summed E-state index contributed by atoms with van der Waals surface area (Å²) in [6.07, 6.45) is 3.94. The lowest BCUT2D eigenvalue weighted by Gasteiger charge is -2.05. The minimum Gasteiger partial charge on any atom is -0.497 e. The van der Waals surface area contributed by atoms with Crippen molar-refractivity contribution in [2.75, 3.05) is 19.0 Å². The average Bonchev–Trinajstić information content (AvgIpc) is 2.65. The number of esters is 1. The predicted octanol–water partition coefficient (Wildman–Crippen LogP) is 3.91. The number of rotatable bonds is 7. The number of methoxy groups -OCH3 is 1. The van der Waals surface area contributed by atoms with Crippen LogP contribution in [0.3, 0.4) is 0 Å². The lowest BCUT2D eigenvalue weighted by Crippen LogP contribution is -2.09. The molecule has 0 unspecified atom stereocenters. The number of amides is 1. The summed E-state index contributed by atoms with van der Waals surface area (Å²) in [5, 5.41) is 2.74. The van der Waals surface area contributed by atoms with Crippen molar-refractivity contribution in [2.45, 2.75) is 13.3 Å². The summed E-state index contributed by atoms with van der Waals surface area (Å²) in [6, 6.07) is 14.0. The normalized spacial score (nSPS) is 10.5. The molecule has 130 valence electrons. The standard InChI is InChI=1S/C20H21NO4/c1-3-14-25-20(23)16-7-9-17(10-8-16)21-19(22)13-6-15-4-11-18(24-2)12-5-15/h4-13H,3,14H2,1-2H3,(H,21,22)/b13-6+. The monoisotopic (exact) mass is 339 g/mol. The molecule has 0 saturated carbocycles. The number of nitrogens with one attached hydrogen (secondary N) is 1. The quantitative estimate of drug-likeness (QED) is 0.613. The van der Waals surface area contributed by atoms with E-state index in [0.717, 1.165) is 17.7 Å². The van der Waals surface area contributed by atoms with Gasteiger partial charge in [0.2, 0.25) is 5.91 Å². The maximum absolute atomic E-state index is 12.0. The summed E-state index contributed by atoms with van der Waals surface area (Å²) in [5.41, 5.74) is 1.96. The Labute approximate surface area is 147 Å². The highest BCUT2D eigenvalue weighted by molar-refractivity contribution is 6.02. The molecule has 2 aromatic rings. The van der Waals surface area contributed by atoms with Gasteiger partial charge in [-0.3, -0.25) is 4.79 Å². The molecule has 2 aromatic carbocycles. The van der Waals surface area contributed by atoms with Gasteiger partial charge in [-0.25, -0.2) is 4.79 Å². The van der Waals surface area contributed by atoms with Crippen LogP contribution in [0.2, 0.25) is 0 Å². The van der Waals surface area contributed by atoms with Crippen LogP contribution in [0, 0.1) is 0 Å². The van der Waals surface area contributed by atoms with E-state index in [9.17, 15) is 9.59 Å². The molecule has 0 aliphatic rings. The second-order valence-electron chi connectivity index (χ2n) is 5.31. The summed E-state index contributed by atoms with van der Waals surface area (Å²) < 4.78 is 10.1. The number of ether oxygens (including phenoxy) is 2. The van der Waals surface area contributed by atoms with Crippen molar-refractivity contribution in [1.82, 2.24) is 0 Å². The van der Waals surface area contributed by atoms with Crippen LogP contribution in [0.5, 0.6) is 5.75 Å². The lowest BCUT2D eigenvalue weighted by atomic mass is 10.2. The molecule has 5 heteroatoms. The number of hydrogen-bond acceptors (Lipinski definition) is 4. The van der Waals surface area contributed by atoms with Gasteiger partial charge in [-0.05, 0) is 54.5 Å². The zero-order valence-corrected chi connectivity index (χ0v) is 14.3. The van der Waals surface area contributed by atoms with Crippen LogP contribution < -0.4 is 10.1 Å². The van der Waals surface area contributed by atoms with Gasteiger partial charge in [-0.15, -0.1) is 0 Å². The Kier molecular flexibility index (Phi) is 6.77. The van der Waals surface area contributed by atoms with E-state index in [2.05, 4.69) is 5.32 Å². The smallest absolute Gasteiger partial charge is 0.338 e. The number of carbonyl (C=O) groups excluding carboxylic acids is 2. The summed E-state index contributed by atoms with van der Waals surface area (Å²) >= 11 is 0. The van der Waals surface area contributed by atoms with E-state index in [4.69, 9.17) is 9.47 Å². The van der Waals surface area contributed by atoms with E-state index in [1.807, 2.05) is 31.2 Å². The van der Waals surface area contributed by atoms with Crippen LogP contribution >= 0.6 is 0 Å². The molecule has 0 saturated heterocycles. The Hall–Kier alpha value is -3.08. The molecule has 0 aliphatic carbocycles. The molecule has 1 amide bonds. The first-order chi connectivity index (χ1) is 12.1. The SMILES string of the molecule is CCCOC(=O)c1ccc(NC(=O)/C=C/c2ccc(OC)cc2)cc1. The van der Waals surface area contributed by atoms with Crippen molar-refractivity contribution in [3.05, 3.63) is 65.7 Å². The fraction of sp³-hybridized carbons (Fsp3) is 0.200. The zero-order chi connectivity index (χ0) is 18.1. The highest BCUT2D eigenvalue weighted by atomic mass is 16.5. The largest absolute Gasteiger partial charge is 0.497 e. The van der Waals surface area contributed by atoms with Gasteiger partial charge in [0.05, 0.1) is 19.3 Å². The van der Waals surface area contributed by atoms with Gasteiger partial charge in [0.15, 0.2) is 0 Å². The Morgan fingerprint density at radius 2 is 1.72 bits per heavy atom. The summed E-state index contributed by atoms with van der Waals surface area (Å²) in [4.78, 5) is 23.7. The third-order valence-electron chi connectivity index (χ3n) is 3.37. The van der Waals surface area contributed by atoms with Crippen LogP contribution in [0.1, 0.15) is 29.3 Å². The Morgan fingerprint density at radius 3 is 2.32 bits per heavy atom. The average molecular weight is 339 g/mol. The van der Waals surface area contributed by atoms with Gasteiger partial charge in [-0.2, -0.15) is 0 Å². The first-order valence-corrected chi connectivity index (χ1v) is 8.02. The van der Waals surface area contributed by atoms with Crippen LogP contribution in [-0.4, -0.2) is 25.6 Å². The fourth-order valence-corrected chi connectivity index (χ4v) is 2.04. The number of anilines is 1. The molecule has 25 heavy (non-hydrogen) atoms. The van der Waals surface area contributed by atoms with E-state index in [0.29, 0.717) is 17.9 Å². The summed E-state index contributed by atoms with van der Waals surface area (Å²) in [5.74, 6) is 0.149. The first-order valence-electron chi connectivity index (χ1n) is 8.02. The molecule has 0 heterocycles. The maximum Gasteiger partial charge on any atom is 0.338 e. The summed E-state index contributed by atoms with van der Waals surface area (Å²) in [7, 11) is 1.60. The molecule has 0 aliphatic heterocycles. The van der Waals surface area contributed by atoms with Gasteiger partial charge >= 0.3 is 5.97 Å². The van der Waals surface area contributed by atoms with Crippen LogP contribution in [0.25, 0.3) is 6.08 Å². The fourth-order valence-electron chi connectivity index (χ4n) is 2.04. The molecule has 0 aromatic heterocycles. The topological polar surface area (TPSA) is 64.6 Å². The van der Waals surface area contributed by atoms with Gasteiger partial charge in [0, 0.05) is 11.8 Å². The molecule has 0 atom stereocenters. The number of carbonyl (C=O) groups is 2. The molecule has 2 rings (SSSR count). The molecule has 0 spiro atoms. The predicted molar refractivity (Wildman–Crippen MR) is 97.7 cm³/mol. The van der Waals surface area contributed by atoms with Crippen LogP contribution in [0.4, 0.5) is 5.69 Å². The molecule has 5 nitrogen and oxygen atoms in total. The Bertz CT molecular complexity index is 733. The van der Waals surface area contributed by atoms with Gasteiger partial charge in [0.25, 0.3) is 0 Å². The minimum atomic E-state index is -0.362. The Balaban J connectivity index is 1.91. The molecule has 0 radical (unpaired) electrons. The highest BCUT2D eigenvalue weighted by Gasteiger charge is 2.06. The Morgan fingerprint density at radius 1 is 1.04 bits per heavy atom. The third kappa shape index (κ3) is 5.80. The van der Waals surface area contributed by atoms with E-state index in [1.54, 1.807) is 37.5 Å². The van der Waals surface area contributed by atoms with Crippen molar-refractivity contribution in [1.29, 1.82) is 0 Å². The van der Waals surface area contributed by atoms with Gasteiger partial charge in [0.1, 0.15) is 5.75 Å². The summed E-state index contributed by atoms with van der Waals surface area (Å²) in [6.45, 7) is 2.33. The van der Waals surface area contributed by atoms with E-state index in [1.165, 1.54) is 6.08 Å². The molecule has 1 N–H and O–H groups in total. The molecular weight excluding hydrogens is 318 g/mol. The van der Waals surface area contributed by atoms with E-state index >= 15 is 0 Å². The van der Waals surface area contributed by atoms with Crippen molar-refractivity contribution >= 4 is 23.6 Å². The van der Waals surface area contributed by atoms with Crippen LogP contribution in [-0.2, 0) is 9.53 Å². The lowest BCUT2D eigenvalue weighted by molar-refractivity contribution is -0.111. The van der Waals surface area contributed by atoms with Crippen LogP contribution in [0.15, 0.2) is 54.6 Å². The molecule has 0 fully saturated rings. The number of benzene rings is 2. The second kappa shape index (κ2) is 9.27. The zero-order valence-electron chi connectivity index (χ0n) is 14.3. The second-order valence-corrected chi connectivity index (χ2v) is 5.31. The molecular formula is C20H21NO4. The van der Waals surface area contributed by atoms with Crippen molar-refractivity contribution in [3.8, 4) is 5.75 Å². The minimum absolute atomic E-state index is 0.253. The first kappa shape index (κ1) is 18.3. The van der Waals surface area contributed by atoms with Gasteiger partial charge < -0.3 is 14.8 Å². The van der Waals surface area contributed by atoms with E-state index in [-0.39, 0.29) is 11.9 Å².